The van der Waals surface area contributed by atoms with Crippen molar-refractivity contribution in [3.05, 3.63) is 35.4 Å². The summed E-state index contributed by atoms with van der Waals surface area (Å²) in [5, 5.41) is 2.47. The van der Waals surface area contributed by atoms with Crippen molar-refractivity contribution in [1.29, 1.82) is 0 Å². The molecule has 0 aromatic heterocycles. The lowest BCUT2D eigenvalue weighted by Crippen LogP contribution is -2.48. The smallest absolute Gasteiger partial charge is 0.341 e. The number of amides is 2. The number of benzene rings is 1. The molecule has 0 saturated carbocycles. The van der Waals surface area contributed by atoms with Crippen molar-refractivity contribution in [1.82, 2.24) is 10.2 Å². The molecule has 0 bridgehead atoms. The molecule has 1 unspecified atom stereocenters. The van der Waals surface area contributed by atoms with E-state index in [0.717, 1.165) is 31.4 Å². The number of likely N-dealkylation sites (tertiary alicyclic amines) is 1. The maximum atomic E-state index is 12.7. The van der Waals surface area contributed by atoms with Crippen LogP contribution in [0.4, 0.5) is 13.2 Å². The van der Waals surface area contributed by atoms with Gasteiger partial charge in [0.05, 0.1) is 5.56 Å². The van der Waals surface area contributed by atoms with E-state index in [1.807, 2.05) is 0 Å². The summed E-state index contributed by atoms with van der Waals surface area (Å²) in [6.07, 6.45) is -1.57. The largest absolute Gasteiger partial charge is 0.416 e. The summed E-state index contributed by atoms with van der Waals surface area (Å²) in [5.74, 6) is -0.890. The van der Waals surface area contributed by atoms with E-state index in [9.17, 15) is 22.8 Å². The first-order valence-electron chi connectivity index (χ1n) is 7.56. The van der Waals surface area contributed by atoms with Gasteiger partial charge in [0.2, 0.25) is 5.91 Å². The summed E-state index contributed by atoms with van der Waals surface area (Å²) < 4.78 is 38.0. The predicted octanol–water partition coefficient (Wildman–Crippen LogP) is 2.84. The van der Waals surface area contributed by atoms with Crippen molar-refractivity contribution in [3.63, 3.8) is 0 Å². The molecular weight excluding hydrogens is 309 g/mol. The van der Waals surface area contributed by atoms with Crippen LogP contribution in [0.5, 0.6) is 0 Å². The van der Waals surface area contributed by atoms with E-state index in [1.54, 1.807) is 11.8 Å². The minimum Gasteiger partial charge on any atom is -0.341 e. The number of carbonyl (C=O) groups excluding carboxylic acids is 2. The lowest BCUT2D eigenvalue weighted by Gasteiger charge is -2.29. The Bertz CT molecular complexity index is 581. The number of carbonyl (C=O) groups is 2. The molecule has 0 spiro atoms. The van der Waals surface area contributed by atoms with Crippen LogP contribution in [0, 0.1) is 0 Å². The second-order valence-corrected chi connectivity index (χ2v) is 5.66. The molecule has 1 aromatic carbocycles. The van der Waals surface area contributed by atoms with E-state index in [4.69, 9.17) is 0 Å². The maximum absolute atomic E-state index is 12.7. The number of nitrogens with zero attached hydrogens (tertiary/aromatic N) is 1. The zero-order valence-corrected chi connectivity index (χ0v) is 12.8. The highest BCUT2D eigenvalue weighted by Crippen LogP contribution is 2.29. The Morgan fingerprint density at radius 2 is 1.83 bits per heavy atom. The summed E-state index contributed by atoms with van der Waals surface area (Å²) in [6, 6.07) is 3.39. The summed E-state index contributed by atoms with van der Waals surface area (Å²) >= 11 is 0. The molecule has 7 heteroatoms. The number of hydrogen-bond acceptors (Lipinski definition) is 2. The Morgan fingerprint density at radius 3 is 2.43 bits per heavy atom. The van der Waals surface area contributed by atoms with Crippen molar-refractivity contribution in [2.24, 2.45) is 0 Å². The zero-order valence-electron chi connectivity index (χ0n) is 12.8. The topological polar surface area (TPSA) is 49.4 Å². The highest BCUT2D eigenvalue weighted by Gasteiger charge is 2.31. The van der Waals surface area contributed by atoms with E-state index < -0.39 is 23.7 Å². The average Bonchev–Trinajstić information content (AvgIpc) is 2.54. The maximum Gasteiger partial charge on any atom is 0.416 e. The number of nitrogens with one attached hydrogen (secondary N) is 1. The molecule has 1 atom stereocenters. The Kier molecular flexibility index (Phi) is 5.28. The molecule has 4 nitrogen and oxygen atoms in total. The molecule has 1 saturated heterocycles. The van der Waals surface area contributed by atoms with Crippen molar-refractivity contribution in [2.45, 2.75) is 38.4 Å². The van der Waals surface area contributed by atoms with Gasteiger partial charge in [0, 0.05) is 18.7 Å². The SMILES string of the molecule is CC(NC(=O)c1cccc(C(F)(F)F)c1)C(=O)N1CCCCC1. The first-order valence-corrected chi connectivity index (χ1v) is 7.56. The Morgan fingerprint density at radius 1 is 1.17 bits per heavy atom. The van der Waals surface area contributed by atoms with Crippen LogP contribution in [-0.2, 0) is 11.0 Å². The molecule has 1 aromatic rings. The Hall–Kier alpha value is -2.05. The average molecular weight is 328 g/mol. The number of rotatable bonds is 3. The summed E-state index contributed by atoms with van der Waals surface area (Å²) in [5.41, 5.74) is -1.00. The lowest BCUT2D eigenvalue weighted by atomic mass is 10.1. The van der Waals surface area contributed by atoms with Gasteiger partial charge < -0.3 is 10.2 Å². The van der Waals surface area contributed by atoms with Crippen LogP contribution in [-0.4, -0.2) is 35.8 Å². The summed E-state index contributed by atoms with van der Waals surface area (Å²) in [7, 11) is 0. The van der Waals surface area contributed by atoms with Crippen molar-refractivity contribution in [3.8, 4) is 0 Å². The van der Waals surface area contributed by atoms with Gasteiger partial charge in [-0.3, -0.25) is 9.59 Å². The molecule has 126 valence electrons. The highest BCUT2D eigenvalue weighted by atomic mass is 19.4. The number of halogens is 3. The molecule has 1 aliphatic rings. The van der Waals surface area contributed by atoms with E-state index in [-0.39, 0.29) is 11.5 Å². The van der Waals surface area contributed by atoms with Gasteiger partial charge in [-0.25, -0.2) is 0 Å². The van der Waals surface area contributed by atoms with Crippen LogP contribution in [0.2, 0.25) is 0 Å². The van der Waals surface area contributed by atoms with Gasteiger partial charge in [-0.1, -0.05) is 6.07 Å². The Labute approximate surface area is 132 Å². The molecule has 1 aliphatic heterocycles. The summed E-state index contributed by atoms with van der Waals surface area (Å²) in [4.78, 5) is 26.0. The molecule has 0 radical (unpaired) electrons. The molecule has 1 heterocycles. The molecule has 1 N–H and O–H groups in total. The van der Waals surface area contributed by atoms with Gasteiger partial charge in [-0.2, -0.15) is 13.2 Å². The monoisotopic (exact) mass is 328 g/mol. The summed E-state index contributed by atoms with van der Waals surface area (Å²) in [6.45, 7) is 2.85. The minimum absolute atomic E-state index is 0.113. The fraction of sp³-hybridized carbons (Fsp3) is 0.500. The van der Waals surface area contributed by atoms with Gasteiger partial charge in [0.15, 0.2) is 0 Å². The van der Waals surface area contributed by atoms with Crippen LogP contribution in [0.25, 0.3) is 0 Å². The molecule has 23 heavy (non-hydrogen) atoms. The molecule has 0 aliphatic carbocycles. The fourth-order valence-electron chi connectivity index (χ4n) is 2.57. The van der Waals surface area contributed by atoms with Crippen LogP contribution in [0.15, 0.2) is 24.3 Å². The van der Waals surface area contributed by atoms with Crippen molar-refractivity contribution < 1.29 is 22.8 Å². The van der Waals surface area contributed by atoms with Crippen molar-refractivity contribution in [2.75, 3.05) is 13.1 Å². The van der Waals surface area contributed by atoms with Gasteiger partial charge >= 0.3 is 6.18 Å². The van der Waals surface area contributed by atoms with Crippen LogP contribution in [0.3, 0.4) is 0 Å². The zero-order chi connectivity index (χ0) is 17.0. The van der Waals surface area contributed by atoms with Gasteiger partial charge in [-0.05, 0) is 44.4 Å². The molecule has 1 fully saturated rings. The van der Waals surface area contributed by atoms with Gasteiger partial charge in [-0.15, -0.1) is 0 Å². The van der Waals surface area contributed by atoms with Crippen LogP contribution < -0.4 is 5.32 Å². The molecule has 2 amide bonds. The van der Waals surface area contributed by atoms with E-state index in [0.29, 0.717) is 13.1 Å². The predicted molar refractivity (Wildman–Crippen MR) is 78.8 cm³/mol. The van der Waals surface area contributed by atoms with Crippen LogP contribution >= 0.6 is 0 Å². The quantitative estimate of drug-likeness (QED) is 0.927. The third-order valence-electron chi connectivity index (χ3n) is 3.84. The normalized spacial score (nSPS) is 16.8. The molecular formula is C16H19F3N2O2. The number of alkyl halides is 3. The molecule has 2 rings (SSSR count). The van der Waals surface area contributed by atoms with Gasteiger partial charge in [0.1, 0.15) is 6.04 Å². The van der Waals surface area contributed by atoms with E-state index in [1.165, 1.54) is 12.1 Å². The minimum atomic E-state index is -4.51. The standard InChI is InChI=1S/C16H19F3N2O2/c1-11(15(23)21-8-3-2-4-9-21)20-14(22)12-6-5-7-13(10-12)16(17,18)19/h5-7,10-11H,2-4,8-9H2,1H3,(H,20,22). The Balaban J connectivity index is 2.02. The lowest BCUT2D eigenvalue weighted by molar-refractivity contribution is -0.137. The second-order valence-electron chi connectivity index (χ2n) is 5.66. The first kappa shape index (κ1) is 17.3. The van der Waals surface area contributed by atoms with Crippen LogP contribution in [0.1, 0.15) is 42.1 Å². The number of hydrogen-bond donors (Lipinski definition) is 1. The number of piperidine rings is 1. The van der Waals surface area contributed by atoms with E-state index in [2.05, 4.69) is 5.32 Å². The third kappa shape index (κ3) is 4.46. The highest BCUT2D eigenvalue weighted by molar-refractivity contribution is 5.97. The third-order valence-corrected chi connectivity index (χ3v) is 3.84. The fourth-order valence-corrected chi connectivity index (χ4v) is 2.57. The van der Waals surface area contributed by atoms with E-state index >= 15 is 0 Å². The van der Waals surface area contributed by atoms with Crippen molar-refractivity contribution >= 4 is 11.8 Å². The second kappa shape index (κ2) is 7.02. The first-order chi connectivity index (χ1) is 10.8. The van der Waals surface area contributed by atoms with Gasteiger partial charge in [0.25, 0.3) is 5.91 Å².